The van der Waals surface area contributed by atoms with Crippen molar-refractivity contribution in [3.8, 4) is 11.1 Å². The van der Waals surface area contributed by atoms with Gasteiger partial charge in [-0.15, -0.1) is 0 Å². The minimum atomic E-state index is -0.123. The van der Waals surface area contributed by atoms with Gasteiger partial charge in [0.05, 0.1) is 0 Å². The van der Waals surface area contributed by atoms with Crippen LogP contribution in [0.1, 0.15) is 20.8 Å². The number of furan rings is 1. The summed E-state index contributed by atoms with van der Waals surface area (Å²) in [7, 11) is 0. The molecule has 0 aliphatic carbocycles. The number of benzene rings is 5. The lowest BCUT2D eigenvalue weighted by molar-refractivity contribution is 0.560. The zero-order chi connectivity index (χ0) is 23.3. The van der Waals surface area contributed by atoms with Crippen LogP contribution >= 0.6 is 0 Å². The maximum Gasteiger partial charge on any atom is 0.137 e. The fraction of sp³-hybridized carbons (Fsp3) is 0.125. The maximum absolute atomic E-state index is 6.20. The van der Waals surface area contributed by atoms with E-state index in [9.17, 15) is 0 Å². The molecular weight excluding hydrogens is 414 g/mol. The summed E-state index contributed by atoms with van der Waals surface area (Å²) in [6, 6.07) is 38.8. The molecule has 0 atom stereocenters. The van der Waals surface area contributed by atoms with Crippen molar-refractivity contribution >= 4 is 44.1 Å². The summed E-state index contributed by atoms with van der Waals surface area (Å²) in [5.41, 5.74) is 6.43. The number of rotatable bonds is 3. The van der Waals surface area contributed by atoms with Gasteiger partial charge in [0.2, 0.25) is 0 Å². The van der Waals surface area contributed by atoms with E-state index in [1.807, 2.05) is 12.1 Å². The van der Waals surface area contributed by atoms with Gasteiger partial charge >= 0.3 is 0 Å². The molecule has 166 valence electrons. The van der Waals surface area contributed by atoms with Gasteiger partial charge < -0.3 is 9.32 Å². The molecule has 0 amide bonds. The van der Waals surface area contributed by atoms with Crippen molar-refractivity contribution in [3.05, 3.63) is 109 Å². The summed E-state index contributed by atoms with van der Waals surface area (Å²) in [5, 5.41) is 4.83. The third kappa shape index (κ3) is 3.52. The van der Waals surface area contributed by atoms with E-state index < -0.39 is 0 Å². The molecule has 1 heterocycles. The zero-order valence-corrected chi connectivity index (χ0v) is 19.7. The first-order valence-corrected chi connectivity index (χ1v) is 11.8. The van der Waals surface area contributed by atoms with Gasteiger partial charge in [-0.3, -0.25) is 0 Å². The Bertz CT molecular complexity index is 1650. The Labute approximate surface area is 200 Å². The van der Waals surface area contributed by atoms with Crippen LogP contribution in [0.4, 0.5) is 11.4 Å². The molecule has 0 bridgehead atoms. The fourth-order valence-electron chi connectivity index (χ4n) is 4.97. The minimum absolute atomic E-state index is 0.123. The van der Waals surface area contributed by atoms with Crippen LogP contribution in [0.3, 0.4) is 0 Å². The van der Waals surface area contributed by atoms with E-state index in [1.165, 1.54) is 21.9 Å². The zero-order valence-electron chi connectivity index (χ0n) is 19.7. The maximum atomic E-state index is 6.20. The molecule has 0 spiro atoms. The monoisotopic (exact) mass is 441 g/mol. The normalized spacial score (nSPS) is 12.0. The highest BCUT2D eigenvalue weighted by molar-refractivity contribution is 6.05. The van der Waals surface area contributed by atoms with Crippen LogP contribution in [-0.2, 0) is 0 Å². The number of hydrogen-bond donors (Lipinski definition) is 0. The fourth-order valence-corrected chi connectivity index (χ4v) is 4.97. The quantitative estimate of drug-likeness (QED) is 0.272. The Morgan fingerprint density at radius 3 is 2.09 bits per heavy atom. The first-order chi connectivity index (χ1) is 16.5. The summed E-state index contributed by atoms with van der Waals surface area (Å²) in [6.07, 6.45) is 0. The van der Waals surface area contributed by atoms with E-state index in [-0.39, 0.29) is 5.54 Å². The second-order valence-corrected chi connectivity index (χ2v) is 9.90. The predicted molar refractivity (Wildman–Crippen MR) is 145 cm³/mol. The SMILES string of the molecule is CC(C)(C)N(c1cccc(-c2ccc3ccccc3c2)c1)c1ccc2c(c1)oc1ccccc12. The van der Waals surface area contributed by atoms with Gasteiger partial charge in [-0.1, -0.05) is 66.7 Å². The predicted octanol–water partition coefficient (Wildman–Crippen LogP) is 9.34. The molecular formula is C32H27NO. The Kier molecular flexibility index (Phi) is 4.70. The molecule has 0 aliphatic heterocycles. The molecule has 6 aromatic rings. The Morgan fingerprint density at radius 1 is 0.529 bits per heavy atom. The van der Waals surface area contributed by atoms with Crippen LogP contribution in [0.15, 0.2) is 114 Å². The standard InChI is InChI=1S/C32H27NO/c1-32(2,3)33(27-17-18-29-28-13-6-7-14-30(28)34-31(29)21-27)26-12-8-11-24(20-26)25-16-15-22-9-4-5-10-23(22)19-25/h4-21H,1-3H3. The highest BCUT2D eigenvalue weighted by Crippen LogP contribution is 2.39. The van der Waals surface area contributed by atoms with Gasteiger partial charge in [-0.05, 0) is 79.1 Å². The van der Waals surface area contributed by atoms with Gasteiger partial charge in [0.25, 0.3) is 0 Å². The Morgan fingerprint density at radius 2 is 1.24 bits per heavy atom. The first-order valence-electron chi connectivity index (χ1n) is 11.8. The number of nitrogens with zero attached hydrogens (tertiary/aromatic N) is 1. The second-order valence-electron chi connectivity index (χ2n) is 9.90. The van der Waals surface area contributed by atoms with Crippen LogP contribution in [0, 0.1) is 0 Å². The van der Waals surface area contributed by atoms with Crippen molar-refractivity contribution < 1.29 is 4.42 Å². The van der Waals surface area contributed by atoms with Gasteiger partial charge in [-0.25, -0.2) is 0 Å². The molecule has 5 aromatic carbocycles. The number of anilines is 2. The third-order valence-electron chi connectivity index (χ3n) is 6.48. The van der Waals surface area contributed by atoms with Gasteiger partial charge in [0, 0.05) is 33.8 Å². The minimum Gasteiger partial charge on any atom is -0.456 e. The van der Waals surface area contributed by atoms with Crippen molar-refractivity contribution in [2.24, 2.45) is 0 Å². The van der Waals surface area contributed by atoms with E-state index in [2.05, 4.69) is 123 Å². The summed E-state index contributed by atoms with van der Waals surface area (Å²) in [4.78, 5) is 2.39. The van der Waals surface area contributed by atoms with E-state index in [1.54, 1.807) is 0 Å². The molecule has 34 heavy (non-hydrogen) atoms. The molecule has 0 fully saturated rings. The smallest absolute Gasteiger partial charge is 0.137 e. The molecule has 0 radical (unpaired) electrons. The van der Waals surface area contributed by atoms with Crippen molar-refractivity contribution in [2.45, 2.75) is 26.3 Å². The molecule has 1 aromatic heterocycles. The molecule has 2 nitrogen and oxygen atoms in total. The highest BCUT2D eigenvalue weighted by Gasteiger charge is 2.25. The van der Waals surface area contributed by atoms with Crippen LogP contribution in [0.25, 0.3) is 43.8 Å². The van der Waals surface area contributed by atoms with Crippen LogP contribution in [0.2, 0.25) is 0 Å². The van der Waals surface area contributed by atoms with Crippen molar-refractivity contribution in [1.29, 1.82) is 0 Å². The molecule has 0 saturated carbocycles. The van der Waals surface area contributed by atoms with Crippen molar-refractivity contribution in [1.82, 2.24) is 0 Å². The topological polar surface area (TPSA) is 16.4 Å². The number of para-hydroxylation sites is 1. The Hall–Kier alpha value is -4.04. The molecule has 0 aliphatic rings. The molecule has 6 rings (SSSR count). The average Bonchev–Trinajstić information content (AvgIpc) is 3.21. The van der Waals surface area contributed by atoms with Gasteiger partial charge in [0.1, 0.15) is 11.2 Å². The summed E-state index contributed by atoms with van der Waals surface area (Å²) in [5.74, 6) is 0. The van der Waals surface area contributed by atoms with E-state index in [0.29, 0.717) is 0 Å². The number of fused-ring (bicyclic) bond motifs is 4. The van der Waals surface area contributed by atoms with E-state index in [0.717, 1.165) is 33.3 Å². The lowest BCUT2D eigenvalue weighted by Gasteiger charge is -2.38. The lowest BCUT2D eigenvalue weighted by Crippen LogP contribution is -2.37. The largest absolute Gasteiger partial charge is 0.456 e. The average molecular weight is 442 g/mol. The summed E-state index contributed by atoms with van der Waals surface area (Å²) >= 11 is 0. The van der Waals surface area contributed by atoms with Crippen LogP contribution < -0.4 is 4.90 Å². The molecule has 2 heteroatoms. The summed E-state index contributed by atoms with van der Waals surface area (Å²) in [6.45, 7) is 6.75. The number of hydrogen-bond acceptors (Lipinski definition) is 2. The molecule has 0 N–H and O–H groups in total. The van der Waals surface area contributed by atoms with Gasteiger partial charge in [-0.2, -0.15) is 0 Å². The van der Waals surface area contributed by atoms with Crippen LogP contribution in [-0.4, -0.2) is 5.54 Å². The lowest BCUT2D eigenvalue weighted by atomic mass is 9.98. The van der Waals surface area contributed by atoms with E-state index >= 15 is 0 Å². The van der Waals surface area contributed by atoms with Crippen molar-refractivity contribution in [3.63, 3.8) is 0 Å². The molecule has 0 saturated heterocycles. The Balaban J connectivity index is 1.47. The highest BCUT2D eigenvalue weighted by atomic mass is 16.3. The van der Waals surface area contributed by atoms with Crippen molar-refractivity contribution in [2.75, 3.05) is 4.90 Å². The van der Waals surface area contributed by atoms with Crippen LogP contribution in [0.5, 0.6) is 0 Å². The molecule has 0 unspecified atom stereocenters. The third-order valence-corrected chi connectivity index (χ3v) is 6.48. The van der Waals surface area contributed by atoms with Gasteiger partial charge in [0.15, 0.2) is 0 Å². The summed E-state index contributed by atoms with van der Waals surface area (Å²) < 4.78 is 6.20. The second kappa shape index (κ2) is 7.78. The van der Waals surface area contributed by atoms with E-state index in [4.69, 9.17) is 4.42 Å². The first kappa shape index (κ1) is 20.6.